The zero-order chi connectivity index (χ0) is 12.1. The van der Waals surface area contributed by atoms with Gasteiger partial charge in [-0.3, -0.25) is 9.59 Å². The minimum atomic E-state index is -0.348. The lowest BCUT2D eigenvalue weighted by molar-refractivity contribution is -0.146. The van der Waals surface area contributed by atoms with Gasteiger partial charge in [-0.25, -0.2) is 0 Å². The number of esters is 1. The van der Waals surface area contributed by atoms with E-state index < -0.39 is 0 Å². The molecule has 1 unspecified atom stereocenters. The van der Waals surface area contributed by atoms with E-state index in [-0.39, 0.29) is 36.9 Å². The zero-order valence-corrected chi connectivity index (χ0v) is 9.81. The van der Waals surface area contributed by atoms with Gasteiger partial charge in [0.2, 0.25) is 5.91 Å². The van der Waals surface area contributed by atoms with Gasteiger partial charge in [0.1, 0.15) is 0 Å². The zero-order valence-electron chi connectivity index (χ0n) is 9.81. The van der Waals surface area contributed by atoms with E-state index in [0.29, 0.717) is 6.54 Å². The van der Waals surface area contributed by atoms with Crippen molar-refractivity contribution in [2.75, 3.05) is 26.8 Å². The molecule has 1 rings (SSSR count). The van der Waals surface area contributed by atoms with E-state index in [1.54, 1.807) is 11.8 Å². The van der Waals surface area contributed by atoms with E-state index in [0.717, 1.165) is 12.8 Å². The van der Waals surface area contributed by atoms with Crippen LogP contribution in [0.3, 0.4) is 0 Å². The van der Waals surface area contributed by atoms with Crippen LogP contribution in [0, 0.1) is 11.8 Å². The fourth-order valence-corrected chi connectivity index (χ4v) is 1.61. The Kier molecular flexibility index (Phi) is 4.73. The first-order valence-electron chi connectivity index (χ1n) is 5.57. The third-order valence-electron chi connectivity index (χ3n) is 2.71. The number of hydrogen-bond donors (Lipinski definition) is 1. The molecular formula is C11H19NO4. The highest BCUT2D eigenvalue weighted by molar-refractivity contribution is 5.82. The Balaban J connectivity index is 2.49. The van der Waals surface area contributed by atoms with Crippen molar-refractivity contribution in [3.05, 3.63) is 0 Å². The van der Waals surface area contributed by atoms with E-state index in [4.69, 9.17) is 5.11 Å². The summed E-state index contributed by atoms with van der Waals surface area (Å²) in [6.45, 7) is 2.25. The molecule has 0 aromatic carbocycles. The van der Waals surface area contributed by atoms with Crippen LogP contribution in [0.5, 0.6) is 0 Å². The molecule has 1 saturated carbocycles. The Hall–Kier alpha value is -1.10. The molecule has 0 bridgehead atoms. The molecule has 1 atom stereocenters. The van der Waals surface area contributed by atoms with Crippen molar-refractivity contribution in [2.45, 2.75) is 19.8 Å². The lowest BCUT2D eigenvalue weighted by Crippen LogP contribution is -2.39. The van der Waals surface area contributed by atoms with Crippen LogP contribution < -0.4 is 0 Å². The third kappa shape index (κ3) is 3.48. The summed E-state index contributed by atoms with van der Waals surface area (Å²) in [5, 5.41) is 8.89. The minimum absolute atomic E-state index is 0.0461. The molecular weight excluding hydrogens is 210 g/mol. The lowest BCUT2D eigenvalue weighted by Gasteiger charge is -2.24. The molecule has 16 heavy (non-hydrogen) atoms. The first-order valence-corrected chi connectivity index (χ1v) is 5.57. The summed E-state index contributed by atoms with van der Waals surface area (Å²) in [6, 6.07) is 0. The number of carbonyl (C=O) groups excluding carboxylic acids is 2. The molecule has 1 amide bonds. The van der Waals surface area contributed by atoms with Crippen molar-refractivity contribution in [3.63, 3.8) is 0 Å². The number of ether oxygens (including phenoxy) is 1. The summed E-state index contributed by atoms with van der Waals surface area (Å²) in [7, 11) is 1.33. The van der Waals surface area contributed by atoms with Crippen molar-refractivity contribution in [1.29, 1.82) is 0 Å². The summed E-state index contributed by atoms with van der Waals surface area (Å²) >= 11 is 0. The largest absolute Gasteiger partial charge is 0.469 e. The number of carbonyl (C=O) groups is 2. The maximum Gasteiger partial charge on any atom is 0.310 e. The van der Waals surface area contributed by atoms with Gasteiger partial charge < -0.3 is 14.7 Å². The number of aliphatic hydroxyl groups excluding tert-OH is 1. The van der Waals surface area contributed by atoms with Crippen molar-refractivity contribution < 1.29 is 19.4 Å². The van der Waals surface area contributed by atoms with Crippen molar-refractivity contribution in [1.82, 2.24) is 4.90 Å². The van der Waals surface area contributed by atoms with Crippen molar-refractivity contribution in [3.8, 4) is 0 Å². The van der Waals surface area contributed by atoms with Crippen LogP contribution in [0.25, 0.3) is 0 Å². The van der Waals surface area contributed by atoms with Crippen LogP contribution in [-0.2, 0) is 14.3 Å². The standard InChI is InChI=1S/C11H19NO4/c1-8(11(15)16-2)7-12(5-6-13)10(14)9-3-4-9/h8-9,13H,3-7H2,1-2H3. The predicted octanol–water partition coefficient (Wildman–Crippen LogP) is 0.0264. The van der Waals surface area contributed by atoms with E-state index >= 15 is 0 Å². The first-order chi connectivity index (χ1) is 7.60. The Morgan fingerprint density at radius 1 is 1.50 bits per heavy atom. The number of amides is 1. The molecule has 0 aromatic rings. The van der Waals surface area contributed by atoms with Crippen LogP contribution in [0.1, 0.15) is 19.8 Å². The average molecular weight is 229 g/mol. The molecule has 0 radical (unpaired) electrons. The van der Waals surface area contributed by atoms with Gasteiger partial charge in [0, 0.05) is 19.0 Å². The molecule has 1 aliphatic carbocycles. The fraction of sp³-hybridized carbons (Fsp3) is 0.818. The number of rotatable bonds is 6. The van der Waals surface area contributed by atoms with E-state index in [1.807, 2.05) is 0 Å². The topological polar surface area (TPSA) is 66.8 Å². The molecule has 0 aromatic heterocycles. The second-order valence-corrected chi connectivity index (χ2v) is 4.21. The number of aliphatic hydroxyl groups is 1. The summed E-state index contributed by atoms with van der Waals surface area (Å²) in [5.74, 6) is -0.521. The summed E-state index contributed by atoms with van der Waals surface area (Å²) in [5.41, 5.74) is 0. The van der Waals surface area contributed by atoms with Crippen LogP contribution in [0.2, 0.25) is 0 Å². The molecule has 1 aliphatic rings. The number of hydrogen-bond acceptors (Lipinski definition) is 4. The van der Waals surface area contributed by atoms with Crippen LogP contribution >= 0.6 is 0 Å². The smallest absolute Gasteiger partial charge is 0.310 e. The number of methoxy groups -OCH3 is 1. The Bertz CT molecular complexity index is 263. The number of nitrogens with zero attached hydrogens (tertiary/aromatic N) is 1. The molecule has 1 fully saturated rings. The van der Waals surface area contributed by atoms with E-state index in [2.05, 4.69) is 4.74 Å². The van der Waals surface area contributed by atoms with Crippen LogP contribution in [0.15, 0.2) is 0 Å². The molecule has 92 valence electrons. The van der Waals surface area contributed by atoms with Gasteiger partial charge in [-0.15, -0.1) is 0 Å². The van der Waals surface area contributed by atoms with Gasteiger partial charge in [-0.2, -0.15) is 0 Å². The second kappa shape index (κ2) is 5.84. The van der Waals surface area contributed by atoms with Gasteiger partial charge in [-0.05, 0) is 12.8 Å². The first kappa shape index (κ1) is 13.0. The highest BCUT2D eigenvalue weighted by Crippen LogP contribution is 2.31. The van der Waals surface area contributed by atoms with Crippen LogP contribution in [0.4, 0.5) is 0 Å². The summed E-state index contributed by atoms with van der Waals surface area (Å²) in [4.78, 5) is 24.6. The second-order valence-electron chi connectivity index (χ2n) is 4.21. The molecule has 0 heterocycles. The molecule has 0 spiro atoms. The molecule has 0 aliphatic heterocycles. The van der Waals surface area contributed by atoms with E-state index in [9.17, 15) is 9.59 Å². The molecule has 0 saturated heterocycles. The van der Waals surface area contributed by atoms with Gasteiger partial charge >= 0.3 is 5.97 Å². The Morgan fingerprint density at radius 2 is 2.12 bits per heavy atom. The minimum Gasteiger partial charge on any atom is -0.469 e. The molecule has 1 N–H and O–H groups in total. The van der Waals surface area contributed by atoms with Gasteiger partial charge in [-0.1, -0.05) is 6.92 Å². The summed E-state index contributed by atoms with van der Waals surface area (Å²) < 4.78 is 4.61. The van der Waals surface area contributed by atoms with Gasteiger partial charge in [0.25, 0.3) is 0 Å². The Morgan fingerprint density at radius 3 is 2.56 bits per heavy atom. The highest BCUT2D eigenvalue weighted by Gasteiger charge is 2.34. The van der Waals surface area contributed by atoms with Crippen LogP contribution in [-0.4, -0.2) is 48.7 Å². The fourth-order valence-electron chi connectivity index (χ4n) is 1.61. The van der Waals surface area contributed by atoms with Gasteiger partial charge in [0.05, 0.1) is 19.6 Å². The lowest BCUT2D eigenvalue weighted by atomic mass is 10.1. The predicted molar refractivity (Wildman–Crippen MR) is 57.6 cm³/mol. The maximum absolute atomic E-state index is 11.8. The quantitative estimate of drug-likeness (QED) is 0.652. The SMILES string of the molecule is COC(=O)C(C)CN(CCO)C(=O)C1CC1. The molecule has 5 heteroatoms. The normalized spacial score (nSPS) is 16.7. The maximum atomic E-state index is 11.8. The van der Waals surface area contributed by atoms with Gasteiger partial charge in [0.15, 0.2) is 0 Å². The third-order valence-corrected chi connectivity index (χ3v) is 2.71. The Labute approximate surface area is 95.4 Å². The van der Waals surface area contributed by atoms with E-state index in [1.165, 1.54) is 7.11 Å². The summed E-state index contributed by atoms with van der Waals surface area (Å²) in [6.07, 6.45) is 1.85. The average Bonchev–Trinajstić information content (AvgIpc) is 3.10. The monoisotopic (exact) mass is 229 g/mol. The van der Waals surface area contributed by atoms with Crippen molar-refractivity contribution >= 4 is 11.9 Å². The molecule has 5 nitrogen and oxygen atoms in total. The van der Waals surface area contributed by atoms with Crippen molar-refractivity contribution in [2.24, 2.45) is 11.8 Å². The highest BCUT2D eigenvalue weighted by atomic mass is 16.5.